The predicted molar refractivity (Wildman–Crippen MR) is 144 cm³/mol. The standard InChI is InChI=1S/C27H27N7S/c1-4-19(12-20(5-1)34-10-3-11-35-34)24-16-30-27-26(32-24)22(15-29-27)18-7-8-23-25(13-18)33(17-31-23)21-6-2-9-28-14-21/h1,4-5,7-8,12-13,15-17,21,28H,2-3,6,9-11,14H2,(H,29,30). The molecule has 2 fully saturated rings. The molecule has 5 heterocycles. The lowest BCUT2D eigenvalue weighted by Crippen LogP contribution is -2.31. The summed E-state index contributed by atoms with van der Waals surface area (Å²) < 4.78 is 4.70. The summed E-state index contributed by atoms with van der Waals surface area (Å²) in [7, 11) is 0. The Morgan fingerprint density at radius 3 is 2.91 bits per heavy atom. The van der Waals surface area contributed by atoms with Gasteiger partial charge in [0, 0.05) is 47.9 Å². The summed E-state index contributed by atoms with van der Waals surface area (Å²) in [6.07, 6.45) is 9.49. The largest absolute Gasteiger partial charge is 0.344 e. The molecule has 0 radical (unpaired) electrons. The minimum Gasteiger partial charge on any atom is -0.344 e. The Morgan fingerprint density at radius 1 is 1.03 bits per heavy atom. The lowest BCUT2D eigenvalue weighted by Gasteiger charge is -2.24. The molecule has 3 aromatic heterocycles. The number of rotatable bonds is 4. The van der Waals surface area contributed by atoms with E-state index in [0.29, 0.717) is 6.04 Å². The van der Waals surface area contributed by atoms with Gasteiger partial charge in [-0.15, -0.1) is 0 Å². The molecule has 0 spiro atoms. The fourth-order valence-electron chi connectivity index (χ4n) is 5.28. The molecule has 176 valence electrons. The van der Waals surface area contributed by atoms with Crippen LogP contribution in [0.3, 0.4) is 0 Å². The number of hydrogen-bond acceptors (Lipinski definition) is 6. The van der Waals surface area contributed by atoms with Crippen molar-refractivity contribution in [2.45, 2.75) is 25.3 Å². The van der Waals surface area contributed by atoms with Gasteiger partial charge in [-0.3, -0.25) is 0 Å². The molecule has 2 aliphatic rings. The van der Waals surface area contributed by atoms with E-state index in [-0.39, 0.29) is 0 Å². The van der Waals surface area contributed by atoms with Crippen LogP contribution >= 0.6 is 11.9 Å². The maximum absolute atomic E-state index is 5.08. The molecule has 0 aliphatic carbocycles. The highest BCUT2D eigenvalue weighted by atomic mass is 32.2. The van der Waals surface area contributed by atoms with Crippen molar-refractivity contribution in [1.29, 1.82) is 0 Å². The van der Waals surface area contributed by atoms with E-state index in [0.717, 1.165) is 58.7 Å². The van der Waals surface area contributed by atoms with E-state index in [9.17, 15) is 0 Å². The van der Waals surface area contributed by atoms with Gasteiger partial charge in [-0.05, 0) is 67.6 Å². The van der Waals surface area contributed by atoms with Gasteiger partial charge in [0.25, 0.3) is 0 Å². The maximum atomic E-state index is 5.08. The SMILES string of the molecule is c1cc(-c2cnc3[nH]cc(-c4ccc5ncn(C6CCCNC6)c5c4)c3n2)cc(N2CCCS2)c1. The second-order valence-electron chi connectivity index (χ2n) is 9.35. The number of fused-ring (bicyclic) bond motifs is 2. The van der Waals surface area contributed by atoms with Crippen molar-refractivity contribution < 1.29 is 0 Å². The lowest BCUT2D eigenvalue weighted by molar-refractivity contribution is 0.378. The first-order chi connectivity index (χ1) is 17.3. The van der Waals surface area contributed by atoms with Crippen molar-refractivity contribution in [3.63, 3.8) is 0 Å². The number of aromatic amines is 1. The van der Waals surface area contributed by atoms with Crippen molar-refractivity contribution in [1.82, 2.24) is 29.8 Å². The number of nitrogens with zero attached hydrogens (tertiary/aromatic N) is 5. The number of anilines is 1. The second-order valence-corrected chi connectivity index (χ2v) is 10.5. The summed E-state index contributed by atoms with van der Waals surface area (Å²) in [5.74, 6) is 1.18. The molecule has 7 rings (SSSR count). The van der Waals surface area contributed by atoms with Crippen LogP contribution in [0.4, 0.5) is 5.69 Å². The maximum Gasteiger partial charge on any atom is 0.156 e. The Kier molecular flexibility index (Phi) is 5.21. The van der Waals surface area contributed by atoms with Gasteiger partial charge in [-0.1, -0.05) is 18.2 Å². The molecule has 0 bridgehead atoms. The molecule has 8 heteroatoms. The lowest BCUT2D eigenvalue weighted by atomic mass is 10.1. The van der Waals surface area contributed by atoms with E-state index >= 15 is 0 Å². The molecular weight excluding hydrogens is 454 g/mol. The van der Waals surface area contributed by atoms with Crippen LogP contribution in [-0.2, 0) is 0 Å². The summed E-state index contributed by atoms with van der Waals surface area (Å²) in [4.78, 5) is 17.8. The van der Waals surface area contributed by atoms with Crippen LogP contribution in [-0.4, -0.2) is 49.9 Å². The van der Waals surface area contributed by atoms with Crippen LogP contribution in [0, 0.1) is 0 Å². The molecule has 2 aliphatic heterocycles. The Bertz CT molecular complexity index is 1510. The fourth-order valence-corrected chi connectivity index (χ4v) is 6.28. The molecule has 2 saturated heterocycles. The number of hydrogen-bond donors (Lipinski definition) is 2. The van der Waals surface area contributed by atoms with E-state index in [1.807, 2.05) is 30.7 Å². The zero-order valence-corrected chi connectivity index (χ0v) is 20.3. The first-order valence-corrected chi connectivity index (χ1v) is 13.3. The first-order valence-electron chi connectivity index (χ1n) is 12.4. The first kappa shape index (κ1) is 21.0. The number of nitrogens with one attached hydrogen (secondary N) is 2. The van der Waals surface area contributed by atoms with Crippen LogP contribution in [0.25, 0.3) is 44.6 Å². The molecule has 5 aromatic rings. The quantitative estimate of drug-likeness (QED) is 0.334. The van der Waals surface area contributed by atoms with Gasteiger partial charge in [0.1, 0.15) is 5.52 Å². The summed E-state index contributed by atoms with van der Waals surface area (Å²) in [6.45, 7) is 3.19. The van der Waals surface area contributed by atoms with Gasteiger partial charge in [0.05, 0.1) is 29.3 Å². The summed E-state index contributed by atoms with van der Waals surface area (Å²) in [5, 5.41) is 3.52. The third-order valence-electron chi connectivity index (χ3n) is 7.11. The molecule has 2 N–H and O–H groups in total. The van der Waals surface area contributed by atoms with Crippen molar-refractivity contribution >= 4 is 39.8 Å². The number of aromatic nitrogens is 5. The van der Waals surface area contributed by atoms with E-state index in [4.69, 9.17) is 9.97 Å². The monoisotopic (exact) mass is 481 g/mol. The van der Waals surface area contributed by atoms with Crippen molar-refractivity contribution in [3.05, 3.63) is 61.2 Å². The topological polar surface area (TPSA) is 74.7 Å². The molecular formula is C27H27N7S. The highest BCUT2D eigenvalue weighted by Crippen LogP contribution is 2.34. The Morgan fingerprint density at radius 2 is 2.03 bits per heavy atom. The van der Waals surface area contributed by atoms with Crippen LogP contribution in [0.1, 0.15) is 25.3 Å². The van der Waals surface area contributed by atoms with Gasteiger partial charge in [-0.2, -0.15) is 0 Å². The zero-order chi connectivity index (χ0) is 23.2. The predicted octanol–water partition coefficient (Wildman–Crippen LogP) is 5.42. The molecule has 1 atom stereocenters. The van der Waals surface area contributed by atoms with E-state index in [1.165, 1.54) is 36.2 Å². The van der Waals surface area contributed by atoms with Gasteiger partial charge >= 0.3 is 0 Å². The van der Waals surface area contributed by atoms with Crippen LogP contribution in [0.15, 0.2) is 61.2 Å². The Labute approximate surface area is 208 Å². The van der Waals surface area contributed by atoms with Crippen molar-refractivity contribution in [2.75, 3.05) is 29.7 Å². The van der Waals surface area contributed by atoms with Gasteiger partial charge in [-0.25, -0.2) is 15.0 Å². The normalized spacial score (nSPS) is 18.6. The molecule has 2 aromatic carbocycles. The molecule has 7 nitrogen and oxygen atoms in total. The highest BCUT2D eigenvalue weighted by molar-refractivity contribution is 8.00. The molecule has 0 amide bonds. The van der Waals surface area contributed by atoms with E-state index < -0.39 is 0 Å². The van der Waals surface area contributed by atoms with Gasteiger partial charge in [0.15, 0.2) is 5.65 Å². The molecule has 35 heavy (non-hydrogen) atoms. The minimum absolute atomic E-state index is 0.444. The Hall–Kier alpha value is -3.36. The minimum atomic E-state index is 0.444. The number of imidazole rings is 1. The van der Waals surface area contributed by atoms with Crippen molar-refractivity contribution in [3.8, 4) is 22.4 Å². The van der Waals surface area contributed by atoms with Gasteiger partial charge in [0.2, 0.25) is 0 Å². The number of piperidine rings is 1. The molecule has 1 unspecified atom stereocenters. The fraction of sp³-hybridized carbons (Fsp3) is 0.296. The van der Waals surface area contributed by atoms with Crippen LogP contribution in [0.5, 0.6) is 0 Å². The average molecular weight is 482 g/mol. The van der Waals surface area contributed by atoms with Crippen molar-refractivity contribution in [2.24, 2.45) is 0 Å². The zero-order valence-electron chi connectivity index (χ0n) is 19.4. The van der Waals surface area contributed by atoms with E-state index in [1.54, 1.807) is 0 Å². The number of H-pyrrole nitrogens is 1. The number of benzene rings is 2. The summed E-state index contributed by atoms with van der Waals surface area (Å²) in [5.41, 5.74) is 9.32. The third kappa shape index (κ3) is 3.77. The second kappa shape index (κ2) is 8.70. The van der Waals surface area contributed by atoms with Gasteiger partial charge < -0.3 is 19.2 Å². The summed E-state index contributed by atoms with van der Waals surface area (Å²) in [6, 6.07) is 15.6. The van der Waals surface area contributed by atoms with Crippen LogP contribution in [0.2, 0.25) is 0 Å². The Balaban J connectivity index is 1.28. The third-order valence-corrected chi connectivity index (χ3v) is 8.29. The van der Waals surface area contributed by atoms with E-state index in [2.05, 4.69) is 66.6 Å². The smallest absolute Gasteiger partial charge is 0.156 e. The molecule has 0 saturated carbocycles. The van der Waals surface area contributed by atoms with Crippen LogP contribution < -0.4 is 9.62 Å². The summed E-state index contributed by atoms with van der Waals surface area (Å²) >= 11 is 1.90. The average Bonchev–Trinajstić information content (AvgIpc) is 3.68. The highest BCUT2D eigenvalue weighted by Gasteiger charge is 2.19.